The lowest BCUT2D eigenvalue weighted by Crippen LogP contribution is -2.17. The van der Waals surface area contributed by atoms with Crippen molar-refractivity contribution in [1.29, 1.82) is 0 Å². The number of aldehydes is 2. The number of nitrogens with two attached hydrogens (primary N) is 1. The van der Waals surface area contributed by atoms with Crippen LogP contribution in [0.3, 0.4) is 0 Å². The molecule has 17 heteroatoms. The molecule has 0 saturated heterocycles. The molecule has 0 unspecified atom stereocenters. The van der Waals surface area contributed by atoms with E-state index in [1.54, 1.807) is 42.7 Å². The average Bonchev–Trinajstić information content (AvgIpc) is 2.93. The molecule has 438 valence electrons. The number of hydrogen-bond donors (Lipinski definition) is 7. The van der Waals surface area contributed by atoms with Gasteiger partial charge in [-0.2, -0.15) is 0 Å². The Hall–Kier alpha value is -9.10. The van der Waals surface area contributed by atoms with Crippen molar-refractivity contribution in [2.24, 2.45) is 5.73 Å². The van der Waals surface area contributed by atoms with E-state index in [-0.39, 0.29) is 76.6 Å². The number of aliphatic hydroxyl groups is 3. The molecule has 0 atom stereocenters. The number of benzene rings is 4. The van der Waals surface area contributed by atoms with Crippen molar-refractivity contribution in [3.8, 4) is 22.3 Å². The molecule has 4 aromatic heterocycles. The maximum absolute atomic E-state index is 13.1. The highest BCUT2D eigenvalue weighted by Crippen LogP contribution is 2.34. The maximum atomic E-state index is 13.1. The van der Waals surface area contributed by atoms with Gasteiger partial charge in [-0.25, -0.2) is 0 Å². The number of nitrogens with one attached hydrogen (secondary N) is 3. The smallest absolute Gasteiger partial charge is 0.274 e. The third-order valence-electron chi connectivity index (χ3n) is 13.5. The Labute approximate surface area is 491 Å². The third-order valence-corrected chi connectivity index (χ3v) is 13.5. The molecule has 8 aromatic rings. The van der Waals surface area contributed by atoms with E-state index in [0.717, 1.165) is 86.0 Å². The molecule has 0 spiro atoms. The van der Waals surface area contributed by atoms with Crippen molar-refractivity contribution in [3.63, 3.8) is 0 Å². The van der Waals surface area contributed by atoms with Gasteiger partial charge in [0.25, 0.3) is 11.8 Å². The first kappa shape index (κ1) is 67.4. The number of aliphatic hydroxyl groups excluding tert-OH is 3. The average molecular weight is 1140 g/mol. The van der Waals surface area contributed by atoms with E-state index in [9.17, 15) is 28.8 Å². The molecule has 4 aromatic carbocycles. The summed E-state index contributed by atoms with van der Waals surface area (Å²) in [5.74, 6) is -0.860. The summed E-state index contributed by atoms with van der Waals surface area (Å²) in [6.45, 7) is 9.67. The number of aromatic nitrogens is 4. The van der Waals surface area contributed by atoms with Gasteiger partial charge in [0.05, 0.1) is 13.2 Å². The second kappa shape index (κ2) is 34.4. The lowest BCUT2D eigenvalue weighted by atomic mass is 9.91. The normalized spacial score (nSPS) is 10.3. The molecule has 2 amide bonds. The number of rotatable bonds is 23. The van der Waals surface area contributed by atoms with E-state index in [2.05, 4.69) is 35.9 Å². The summed E-state index contributed by atoms with van der Waals surface area (Å²) >= 11 is 0. The molecule has 0 aliphatic heterocycles. The largest absolute Gasteiger partial charge is 0.396 e. The van der Waals surface area contributed by atoms with Crippen LogP contribution in [0.4, 0.5) is 11.4 Å². The minimum Gasteiger partial charge on any atom is -0.396 e. The zero-order chi connectivity index (χ0) is 59.0. The van der Waals surface area contributed by atoms with Crippen LogP contribution < -0.4 is 21.7 Å². The Balaban J connectivity index is 0.000000334. The number of amides is 2. The van der Waals surface area contributed by atoms with Crippen LogP contribution in [0.15, 0.2) is 146 Å². The predicted molar refractivity (Wildman–Crippen MR) is 331 cm³/mol. The molecule has 0 aliphatic carbocycles. The number of nitrogens with zero attached hydrogens (tertiary/aromatic N) is 4. The molecule has 8 N–H and O–H groups in total. The van der Waals surface area contributed by atoms with Crippen molar-refractivity contribution in [2.75, 3.05) is 43.5 Å². The van der Waals surface area contributed by atoms with E-state index in [1.807, 2.05) is 113 Å². The number of hydrogen-bond acceptors (Lipinski definition) is 15. The Morgan fingerprint density at radius 3 is 1.27 bits per heavy atom. The van der Waals surface area contributed by atoms with Crippen LogP contribution >= 0.6 is 0 Å². The summed E-state index contributed by atoms with van der Waals surface area (Å²) in [5.41, 5.74) is 19.6. The Bertz CT molecular complexity index is 3230. The van der Waals surface area contributed by atoms with E-state index >= 15 is 0 Å². The number of unbranched alkanes of at least 4 members (excludes halogenated alkanes) is 1. The molecule has 17 nitrogen and oxygen atoms in total. The fraction of sp³-hybridized carbons (Fsp3) is 0.254. The zero-order valence-corrected chi connectivity index (χ0v) is 46.4. The zero-order valence-electron chi connectivity index (χ0n) is 46.4. The van der Waals surface area contributed by atoms with E-state index < -0.39 is 0 Å². The molecule has 0 fully saturated rings. The van der Waals surface area contributed by atoms with Gasteiger partial charge in [0.2, 0.25) is 0 Å². The Morgan fingerprint density at radius 1 is 0.476 bits per heavy atom. The van der Waals surface area contributed by atoms with Gasteiger partial charge in [-0.1, -0.05) is 87.6 Å². The molecule has 8 rings (SSSR count). The summed E-state index contributed by atoms with van der Waals surface area (Å²) in [7, 11) is 0. The van der Waals surface area contributed by atoms with Gasteiger partial charge in [-0.05, 0) is 162 Å². The third kappa shape index (κ3) is 18.7. The molecule has 84 heavy (non-hydrogen) atoms. The number of aryl methyl sites for hydroxylation is 1. The lowest BCUT2D eigenvalue weighted by molar-refractivity contribution is 0.0980. The van der Waals surface area contributed by atoms with Crippen LogP contribution in [0.1, 0.15) is 135 Å². The van der Waals surface area contributed by atoms with Gasteiger partial charge < -0.3 is 37.0 Å². The number of ketones is 2. The van der Waals surface area contributed by atoms with Crippen LogP contribution in [0.25, 0.3) is 22.3 Å². The predicted octanol–water partition coefficient (Wildman–Crippen LogP) is 10.1. The van der Waals surface area contributed by atoms with Gasteiger partial charge >= 0.3 is 0 Å². The maximum Gasteiger partial charge on any atom is 0.274 e. The molecular weight excluding hydrogens is 1060 g/mol. The molecule has 0 bridgehead atoms. The minimum atomic E-state index is -0.378. The van der Waals surface area contributed by atoms with Crippen LogP contribution in [0.5, 0.6) is 0 Å². The van der Waals surface area contributed by atoms with Crippen molar-refractivity contribution >= 4 is 47.3 Å². The molecular formula is C67H76N8O9. The quantitative estimate of drug-likeness (QED) is 0.0178. The van der Waals surface area contributed by atoms with Crippen molar-refractivity contribution in [3.05, 3.63) is 225 Å². The van der Waals surface area contributed by atoms with Gasteiger partial charge in [0.1, 0.15) is 22.8 Å². The number of anilines is 2. The summed E-state index contributed by atoms with van der Waals surface area (Å²) in [6.07, 6.45) is 10.3. The Kier molecular flexibility index (Phi) is 27.6. The SMILES string of the molecule is C.C.Cc1c(CC(=O)c2ccc(C=O)cn2)cccc1-c1cccc(NC(=O)c2ccc(C=O)cn2)c1C.Cc1c(CC(=O)c2ccc(CNCCO)cn2)cccc1-c1cccc(NC(=O)c2ccc(CCCCO)cn2)c1C.NCCO. The summed E-state index contributed by atoms with van der Waals surface area (Å²) < 4.78 is 0. The first-order valence-electron chi connectivity index (χ1n) is 26.8. The van der Waals surface area contributed by atoms with E-state index in [1.165, 1.54) is 18.5 Å². The highest BCUT2D eigenvalue weighted by molar-refractivity contribution is 6.05. The number of carbonyl (C=O) groups is 6. The van der Waals surface area contributed by atoms with E-state index in [0.29, 0.717) is 71.8 Å². The van der Waals surface area contributed by atoms with Crippen molar-refractivity contribution in [2.45, 2.75) is 81.2 Å². The van der Waals surface area contributed by atoms with Gasteiger partial charge in [0, 0.05) is 86.4 Å². The monoisotopic (exact) mass is 1140 g/mol. The first-order chi connectivity index (χ1) is 39.7. The fourth-order valence-electron chi connectivity index (χ4n) is 8.76. The molecule has 4 heterocycles. The number of Topliss-reactive ketones (excluding diaryl/α,β-unsaturated/α-hetero) is 2. The standard InChI is InChI=1S/C34H38N4O4.C29H23N3O4.C2H7NO.2CH4/c1-23-27(19-33(41)31-14-13-26(22-36-31)20-35-16-18-40)8-5-9-28(23)29-10-6-11-30(24(29)2)38-34(42)32-15-12-25(21-37-32)7-3-4-17-39;1-18-22(13-28(35)26-11-9-20(16-33)14-30-26)5-3-6-23(18)24-7-4-8-25(19(24)2)32-29(36)27-12-10-21(17-34)15-31-27;3-1-2-4;;/h5-6,8-15,21-22,35,39-40H,3-4,7,16-20H2,1-2H3,(H,38,42);3-12,14-17H,13H2,1-2H3,(H,32,36);4H,1-3H2;2*1H4. The van der Waals surface area contributed by atoms with Gasteiger partial charge in [0.15, 0.2) is 24.1 Å². The van der Waals surface area contributed by atoms with Crippen LogP contribution in [-0.4, -0.2) is 104 Å². The fourth-order valence-corrected chi connectivity index (χ4v) is 8.76. The first-order valence-corrected chi connectivity index (χ1v) is 26.8. The number of carbonyl (C=O) groups excluding carboxylic acids is 6. The van der Waals surface area contributed by atoms with Gasteiger partial charge in [-0.15, -0.1) is 0 Å². The van der Waals surface area contributed by atoms with Crippen molar-refractivity contribution < 1.29 is 44.1 Å². The Morgan fingerprint density at radius 2 is 0.881 bits per heavy atom. The molecule has 0 radical (unpaired) electrons. The van der Waals surface area contributed by atoms with Crippen LogP contribution in [-0.2, 0) is 25.8 Å². The second-order valence-electron chi connectivity index (χ2n) is 19.1. The minimum absolute atomic E-state index is 0. The summed E-state index contributed by atoms with van der Waals surface area (Å²) in [5, 5.41) is 34.6. The summed E-state index contributed by atoms with van der Waals surface area (Å²) in [6, 6.07) is 36.6. The molecule has 0 saturated carbocycles. The summed E-state index contributed by atoms with van der Waals surface area (Å²) in [4.78, 5) is 90.1. The highest BCUT2D eigenvalue weighted by Gasteiger charge is 2.19. The van der Waals surface area contributed by atoms with E-state index in [4.69, 9.17) is 21.1 Å². The van der Waals surface area contributed by atoms with Crippen LogP contribution in [0.2, 0.25) is 0 Å². The van der Waals surface area contributed by atoms with Gasteiger partial charge in [-0.3, -0.25) is 48.7 Å². The number of pyridine rings is 4. The van der Waals surface area contributed by atoms with Crippen LogP contribution in [0, 0.1) is 27.7 Å². The molecule has 0 aliphatic rings. The lowest BCUT2D eigenvalue weighted by Gasteiger charge is -2.16. The topological polar surface area (TPSA) is 277 Å². The highest BCUT2D eigenvalue weighted by atomic mass is 16.3. The second-order valence-corrected chi connectivity index (χ2v) is 19.1. The van der Waals surface area contributed by atoms with Crippen molar-refractivity contribution in [1.82, 2.24) is 25.3 Å².